The summed E-state index contributed by atoms with van der Waals surface area (Å²) in [6.45, 7) is 0. The summed E-state index contributed by atoms with van der Waals surface area (Å²) in [4.78, 5) is 27.9. The van der Waals surface area contributed by atoms with E-state index in [0.29, 0.717) is 24.7 Å². The van der Waals surface area contributed by atoms with E-state index in [-0.39, 0.29) is 12.2 Å². The second-order valence-corrected chi connectivity index (χ2v) is 9.26. The average molecular weight is 374 g/mol. The van der Waals surface area contributed by atoms with E-state index in [1.54, 1.807) is 12.4 Å². The topological polar surface area (TPSA) is 71.8 Å². The molecule has 7 nitrogen and oxygen atoms in total. The Kier molecular flexibility index (Phi) is 3.53. The van der Waals surface area contributed by atoms with Crippen molar-refractivity contribution in [1.82, 2.24) is 9.55 Å². The fourth-order valence-electron chi connectivity index (χ4n) is 6.51. The molecule has 27 heavy (non-hydrogen) atoms. The maximum Gasteiger partial charge on any atom is 0.419 e. The molecule has 2 spiro atoms. The summed E-state index contributed by atoms with van der Waals surface area (Å²) in [5.74, 6) is 1.50. The summed E-state index contributed by atoms with van der Waals surface area (Å²) in [7, 11) is 0. The maximum atomic E-state index is 12.1. The van der Waals surface area contributed by atoms with Crippen LogP contribution < -0.4 is 0 Å². The Morgan fingerprint density at radius 2 is 1.74 bits per heavy atom. The summed E-state index contributed by atoms with van der Waals surface area (Å²) in [6, 6.07) is 0. The van der Waals surface area contributed by atoms with Gasteiger partial charge in [0.1, 0.15) is 12.4 Å². The molecule has 0 unspecified atom stereocenters. The fraction of sp³-hybridized carbons (Fsp3) is 0.800. The number of carbonyl (C=O) groups excluding carboxylic acids is 1. The Morgan fingerprint density at radius 3 is 2.37 bits per heavy atom. The van der Waals surface area contributed by atoms with Crippen molar-refractivity contribution in [2.24, 2.45) is 23.7 Å². The van der Waals surface area contributed by atoms with Crippen LogP contribution in [0.3, 0.4) is 0 Å². The highest BCUT2D eigenvalue weighted by atomic mass is 17.3. The molecule has 4 bridgehead atoms. The standard InChI is InChI=1S/C20H26N2O5/c23-18(22-6-5-21-12-22)24-17-1-3-19(4-2-17)25-20(27-26-19)15-8-13-7-14(10-15)11-16(20)9-13/h5-6,12-17H,1-4,7-11H2. The van der Waals surface area contributed by atoms with E-state index < -0.39 is 11.6 Å². The molecule has 2 heterocycles. The highest BCUT2D eigenvalue weighted by Crippen LogP contribution is 2.63. The first kappa shape index (κ1) is 16.5. The first-order chi connectivity index (χ1) is 13.1. The van der Waals surface area contributed by atoms with Crippen molar-refractivity contribution in [3.05, 3.63) is 18.7 Å². The molecule has 0 amide bonds. The van der Waals surface area contributed by atoms with Crippen LogP contribution in [0.5, 0.6) is 0 Å². The van der Waals surface area contributed by atoms with E-state index in [2.05, 4.69) is 4.98 Å². The van der Waals surface area contributed by atoms with Crippen LogP contribution in [0.1, 0.15) is 57.8 Å². The molecular weight excluding hydrogens is 348 g/mol. The van der Waals surface area contributed by atoms with Gasteiger partial charge in [-0.15, -0.1) is 0 Å². The van der Waals surface area contributed by atoms with Crippen LogP contribution in [0.4, 0.5) is 4.79 Å². The molecule has 0 atom stereocenters. The predicted molar refractivity (Wildman–Crippen MR) is 92.1 cm³/mol. The van der Waals surface area contributed by atoms with Crippen molar-refractivity contribution in [1.29, 1.82) is 0 Å². The van der Waals surface area contributed by atoms with Crippen LogP contribution in [-0.4, -0.2) is 33.3 Å². The number of ether oxygens (including phenoxy) is 2. The van der Waals surface area contributed by atoms with Gasteiger partial charge in [-0.05, 0) is 56.8 Å². The number of carbonyl (C=O) groups is 1. The molecule has 1 aromatic rings. The number of imidazole rings is 1. The molecular formula is C20H26N2O5. The first-order valence-electron chi connectivity index (χ1n) is 10.4. The van der Waals surface area contributed by atoms with Crippen LogP contribution in [0.25, 0.3) is 0 Å². The molecule has 1 saturated heterocycles. The Bertz CT molecular complexity index is 697. The van der Waals surface area contributed by atoms with Crippen molar-refractivity contribution >= 4 is 6.09 Å². The van der Waals surface area contributed by atoms with E-state index in [4.69, 9.17) is 19.2 Å². The number of aromatic nitrogens is 2. The van der Waals surface area contributed by atoms with Crippen molar-refractivity contribution < 1.29 is 24.0 Å². The summed E-state index contributed by atoms with van der Waals surface area (Å²) < 4.78 is 13.6. The van der Waals surface area contributed by atoms with Crippen molar-refractivity contribution in [3.8, 4) is 0 Å². The molecule has 7 heteroatoms. The zero-order chi connectivity index (χ0) is 18.1. The predicted octanol–water partition coefficient (Wildman–Crippen LogP) is 3.64. The number of rotatable bonds is 1. The Hall–Kier alpha value is -1.44. The van der Waals surface area contributed by atoms with Crippen LogP contribution in [0.2, 0.25) is 0 Å². The SMILES string of the molecule is O=C(OC1CCC2(CC1)OOC1(O2)C2CC3CC(C2)CC1C3)n1ccnc1. The summed E-state index contributed by atoms with van der Waals surface area (Å²) >= 11 is 0. The number of hydrogen-bond acceptors (Lipinski definition) is 6. The van der Waals surface area contributed by atoms with Gasteiger partial charge in [0, 0.05) is 37.1 Å². The van der Waals surface area contributed by atoms with Gasteiger partial charge in [0.05, 0.1) is 0 Å². The van der Waals surface area contributed by atoms with Crippen LogP contribution in [0, 0.1) is 23.7 Å². The monoisotopic (exact) mass is 374 g/mol. The molecule has 1 aliphatic heterocycles. The van der Waals surface area contributed by atoms with Crippen LogP contribution in [-0.2, 0) is 19.2 Å². The maximum absolute atomic E-state index is 12.1. The molecule has 5 aliphatic carbocycles. The molecule has 0 N–H and O–H groups in total. The minimum absolute atomic E-state index is 0.118. The fourth-order valence-corrected chi connectivity index (χ4v) is 6.51. The van der Waals surface area contributed by atoms with Crippen LogP contribution in [0.15, 0.2) is 18.7 Å². The van der Waals surface area contributed by atoms with Gasteiger partial charge in [0.2, 0.25) is 11.6 Å². The Morgan fingerprint density at radius 1 is 1.04 bits per heavy atom. The Labute approximate surface area is 158 Å². The lowest BCUT2D eigenvalue weighted by Gasteiger charge is -2.57. The highest BCUT2D eigenvalue weighted by molar-refractivity contribution is 5.70. The van der Waals surface area contributed by atoms with Gasteiger partial charge in [-0.3, -0.25) is 0 Å². The lowest BCUT2D eigenvalue weighted by molar-refractivity contribution is -0.390. The minimum Gasteiger partial charge on any atom is -0.446 e. The molecule has 1 aromatic heterocycles. The Balaban J connectivity index is 1.12. The van der Waals surface area contributed by atoms with E-state index >= 15 is 0 Å². The molecule has 6 fully saturated rings. The van der Waals surface area contributed by atoms with E-state index in [0.717, 1.165) is 24.7 Å². The van der Waals surface area contributed by atoms with Gasteiger partial charge in [0.25, 0.3) is 0 Å². The smallest absolute Gasteiger partial charge is 0.419 e. The van der Waals surface area contributed by atoms with Gasteiger partial charge in [-0.2, -0.15) is 9.78 Å². The second-order valence-electron chi connectivity index (χ2n) is 9.26. The number of hydrogen-bond donors (Lipinski definition) is 0. The lowest BCUT2D eigenvalue weighted by Crippen LogP contribution is -2.59. The molecule has 7 rings (SSSR count). The van der Waals surface area contributed by atoms with Crippen LogP contribution >= 0.6 is 0 Å². The molecule has 146 valence electrons. The molecule has 0 aromatic carbocycles. The van der Waals surface area contributed by atoms with Gasteiger partial charge in [-0.25, -0.2) is 14.3 Å². The first-order valence-corrected chi connectivity index (χ1v) is 10.4. The van der Waals surface area contributed by atoms with E-state index in [9.17, 15) is 4.79 Å². The second kappa shape index (κ2) is 5.78. The zero-order valence-corrected chi connectivity index (χ0v) is 15.4. The van der Waals surface area contributed by atoms with E-state index in [1.807, 2.05) is 0 Å². The van der Waals surface area contributed by atoms with Gasteiger partial charge < -0.3 is 9.47 Å². The highest BCUT2D eigenvalue weighted by Gasteiger charge is 2.66. The minimum atomic E-state index is -0.659. The zero-order valence-electron chi connectivity index (χ0n) is 15.4. The molecule has 5 saturated carbocycles. The average Bonchev–Trinajstić information content (AvgIpc) is 3.31. The van der Waals surface area contributed by atoms with Crippen molar-refractivity contribution in [2.45, 2.75) is 75.5 Å². The largest absolute Gasteiger partial charge is 0.446 e. The van der Waals surface area contributed by atoms with Crippen molar-refractivity contribution in [2.75, 3.05) is 0 Å². The molecule has 6 aliphatic rings. The molecule has 0 radical (unpaired) electrons. The third-order valence-corrected chi connectivity index (χ3v) is 7.62. The summed E-state index contributed by atoms with van der Waals surface area (Å²) in [5, 5.41) is 0. The quantitative estimate of drug-likeness (QED) is 0.699. The summed E-state index contributed by atoms with van der Waals surface area (Å²) in [5.41, 5.74) is 0. The number of nitrogens with zero attached hydrogens (tertiary/aromatic N) is 2. The third-order valence-electron chi connectivity index (χ3n) is 7.62. The van der Waals surface area contributed by atoms with Gasteiger partial charge in [-0.1, -0.05) is 0 Å². The third kappa shape index (κ3) is 2.51. The normalized spacial score (nSPS) is 47.8. The van der Waals surface area contributed by atoms with Crippen molar-refractivity contribution in [3.63, 3.8) is 0 Å². The van der Waals surface area contributed by atoms with Gasteiger partial charge in [0.15, 0.2) is 0 Å². The van der Waals surface area contributed by atoms with E-state index in [1.165, 1.54) is 43.0 Å². The summed E-state index contributed by atoms with van der Waals surface area (Å²) in [6.07, 6.45) is 13.2. The van der Waals surface area contributed by atoms with Gasteiger partial charge >= 0.3 is 6.09 Å². The lowest BCUT2D eigenvalue weighted by atomic mass is 9.53.